The number of benzene rings is 1. The van der Waals surface area contributed by atoms with Gasteiger partial charge in [0.05, 0.1) is 0 Å². The molecule has 2 unspecified atom stereocenters. The third-order valence-electron chi connectivity index (χ3n) is 5.33. The molecule has 0 radical (unpaired) electrons. The Balaban J connectivity index is 0.00000261. The molecule has 0 saturated carbocycles. The predicted octanol–water partition coefficient (Wildman–Crippen LogP) is 3.36. The highest BCUT2D eigenvalue weighted by Crippen LogP contribution is 2.20. The van der Waals surface area contributed by atoms with Crippen molar-refractivity contribution in [2.24, 2.45) is 10.9 Å². The molecule has 0 aliphatic carbocycles. The molecule has 1 aromatic carbocycles. The van der Waals surface area contributed by atoms with E-state index in [0.717, 1.165) is 48.5 Å². The van der Waals surface area contributed by atoms with Crippen LogP contribution in [0.2, 0.25) is 0 Å². The number of guanidine groups is 1. The minimum absolute atomic E-state index is 0. The summed E-state index contributed by atoms with van der Waals surface area (Å²) >= 11 is 0. The van der Waals surface area contributed by atoms with E-state index in [2.05, 4.69) is 46.3 Å². The van der Waals surface area contributed by atoms with Crippen molar-refractivity contribution in [1.29, 1.82) is 0 Å². The molecule has 1 saturated heterocycles. The van der Waals surface area contributed by atoms with Crippen molar-refractivity contribution in [2.45, 2.75) is 39.3 Å². The number of halogens is 2. The van der Waals surface area contributed by atoms with Crippen molar-refractivity contribution in [3.63, 3.8) is 0 Å². The summed E-state index contributed by atoms with van der Waals surface area (Å²) in [6.45, 7) is 9.68. The number of fused-ring (bicyclic) bond motifs is 1. The molecule has 2 atom stereocenters. The van der Waals surface area contributed by atoms with E-state index in [1.54, 1.807) is 19.2 Å². The molecule has 1 aliphatic rings. The van der Waals surface area contributed by atoms with Gasteiger partial charge in [0.1, 0.15) is 5.82 Å². The average molecular weight is 487 g/mol. The van der Waals surface area contributed by atoms with Crippen molar-refractivity contribution in [3.05, 3.63) is 35.8 Å². The molecular formula is C20H31FIN5. The number of likely N-dealkylation sites (tertiary alicyclic amines) is 1. The van der Waals surface area contributed by atoms with Crippen LogP contribution in [-0.2, 0) is 6.42 Å². The zero-order valence-electron chi connectivity index (χ0n) is 16.6. The number of nitrogens with one attached hydrogen (secondary N) is 3. The first kappa shape index (κ1) is 21.9. The van der Waals surface area contributed by atoms with Gasteiger partial charge < -0.3 is 15.6 Å². The second-order valence-electron chi connectivity index (χ2n) is 7.53. The van der Waals surface area contributed by atoms with Crippen LogP contribution in [0.4, 0.5) is 4.39 Å². The molecule has 3 N–H and O–H groups in total. The van der Waals surface area contributed by atoms with Gasteiger partial charge in [0, 0.05) is 55.9 Å². The number of hydrogen-bond donors (Lipinski definition) is 3. The van der Waals surface area contributed by atoms with Crippen LogP contribution in [0.3, 0.4) is 0 Å². The number of rotatable bonds is 5. The predicted molar refractivity (Wildman–Crippen MR) is 122 cm³/mol. The highest BCUT2D eigenvalue weighted by molar-refractivity contribution is 14.0. The third kappa shape index (κ3) is 5.34. The molecule has 1 aliphatic heterocycles. The lowest BCUT2D eigenvalue weighted by Gasteiger charge is -2.22. The van der Waals surface area contributed by atoms with Gasteiger partial charge in [0.2, 0.25) is 0 Å². The van der Waals surface area contributed by atoms with Gasteiger partial charge >= 0.3 is 0 Å². The van der Waals surface area contributed by atoms with Crippen LogP contribution in [0, 0.1) is 11.7 Å². The minimum Gasteiger partial charge on any atom is -0.361 e. The first-order valence-electron chi connectivity index (χ1n) is 9.44. The topological polar surface area (TPSA) is 55.5 Å². The first-order chi connectivity index (χ1) is 12.5. The zero-order chi connectivity index (χ0) is 18.7. The van der Waals surface area contributed by atoms with Gasteiger partial charge in [-0.15, -0.1) is 24.0 Å². The maximum atomic E-state index is 13.5. The molecule has 2 aromatic rings. The summed E-state index contributed by atoms with van der Waals surface area (Å²) < 4.78 is 13.5. The summed E-state index contributed by atoms with van der Waals surface area (Å²) in [6, 6.07) is 5.83. The molecule has 2 heterocycles. The van der Waals surface area contributed by atoms with Gasteiger partial charge in [-0.05, 0) is 49.9 Å². The van der Waals surface area contributed by atoms with E-state index in [9.17, 15) is 4.39 Å². The van der Waals surface area contributed by atoms with Crippen LogP contribution < -0.4 is 10.6 Å². The molecule has 0 spiro atoms. The van der Waals surface area contributed by atoms with Crippen LogP contribution in [0.1, 0.15) is 26.3 Å². The number of aromatic amines is 1. The Morgan fingerprint density at radius 3 is 2.81 bits per heavy atom. The molecule has 0 amide bonds. The van der Waals surface area contributed by atoms with Crippen molar-refractivity contribution >= 4 is 40.8 Å². The van der Waals surface area contributed by atoms with E-state index in [0.29, 0.717) is 18.0 Å². The molecule has 27 heavy (non-hydrogen) atoms. The summed E-state index contributed by atoms with van der Waals surface area (Å²) in [4.78, 5) is 10.1. The quantitative estimate of drug-likeness (QED) is 0.345. The van der Waals surface area contributed by atoms with Crippen LogP contribution >= 0.6 is 24.0 Å². The van der Waals surface area contributed by atoms with Gasteiger partial charge in [0.25, 0.3) is 0 Å². The molecule has 5 nitrogen and oxygen atoms in total. The Kier molecular flexibility index (Phi) is 7.91. The average Bonchev–Trinajstić information content (AvgIpc) is 3.17. The maximum absolute atomic E-state index is 13.5. The van der Waals surface area contributed by atoms with Crippen LogP contribution in [0.25, 0.3) is 10.9 Å². The highest BCUT2D eigenvalue weighted by atomic mass is 127. The Morgan fingerprint density at radius 2 is 2.15 bits per heavy atom. The van der Waals surface area contributed by atoms with Crippen molar-refractivity contribution in [1.82, 2.24) is 20.5 Å². The van der Waals surface area contributed by atoms with Crippen LogP contribution in [-0.4, -0.2) is 54.6 Å². The Bertz CT molecular complexity index is 773. The monoisotopic (exact) mass is 487 g/mol. The standard InChI is InChI=1S/C20H30FN5.HI/c1-13(2)26-11-14(3)19(12-26)25-20(22-4)23-8-7-15-10-24-18-6-5-16(21)9-17(15)18;/h5-6,9-10,13-14,19,24H,7-8,11-12H2,1-4H3,(H2,22,23,25);1H. The SMILES string of the molecule is CN=C(NCCc1c[nH]c2ccc(F)cc12)NC1CN(C(C)C)CC1C.I. The van der Waals surface area contributed by atoms with E-state index in [1.165, 1.54) is 6.07 Å². The smallest absolute Gasteiger partial charge is 0.191 e. The largest absolute Gasteiger partial charge is 0.361 e. The fraction of sp³-hybridized carbons (Fsp3) is 0.550. The Labute approximate surface area is 178 Å². The van der Waals surface area contributed by atoms with Gasteiger partial charge in [-0.25, -0.2) is 4.39 Å². The maximum Gasteiger partial charge on any atom is 0.191 e. The third-order valence-corrected chi connectivity index (χ3v) is 5.33. The second kappa shape index (κ2) is 9.73. The molecule has 7 heteroatoms. The summed E-state index contributed by atoms with van der Waals surface area (Å²) in [5.74, 6) is 1.22. The number of aliphatic imine (C=N–C) groups is 1. The normalized spacial score (nSPS) is 20.9. The summed E-state index contributed by atoms with van der Waals surface area (Å²) in [5.41, 5.74) is 2.08. The molecule has 3 rings (SSSR count). The van der Waals surface area contributed by atoms with Crippen LogP contribution in [0.5, 0.6) is 0 Å². The fourth-order valence-corrected chi connectivity index (χ4v) is 3.66. The summed E-state index contributed by atoms with van der Waals surface area (Å²) in [6.07, 6.45) is 2.77. The van der Waals surface area contributed by atoms with E-state index in [4.69, 9.17) is 0 Å². The number of nitrogens with zero attached hydrogens (tertiary/aromatic N) is 2. The fourth-order valence-electron chi connectivity index (χ4n) is 3.66. The van der Waals surface area contributed by atoms with Gasteiger partial charge in [-0.3, -0.25) is 9.89 Å². The lowest BCUT2D eigenvalue weighted by molar-refractivity contribution is 0.265. The summed E-state index contributed by atoms with van der Waals surface area (Å²) in [7, 11) is 1.80. The highest BCUT2D eigenvalue weighted by Gasteiger charge is 2.31. The van der Waals surface area contributed by atoms with Gasteiger partial charge in [-0.1, -0.05) is 6.92 Å². The first-order valence-corrected chi connectivity index (χ1v) is 9.44. The van der Waals surface area contributed by atoms with Crippen molar-refractivity contribution < 1.29 is 4.39 Å². The van der Waals surface area contributed by atoms with Crippen LogP contribution in [0.15, 0.2) is 29.4 Å². The molecular weight excluding hydrogens is 456 g/mol. The van der Waals surface area contributed by atoms with Gasteiger partial charge in [-0.2, -0.15) is 0 Å². The lowest BCUT2D eigenvalue weighted by atomic mass is 10.1. The number of H-pyrrole nitrogens is 1. The Hall–Kier alpha value is -1.35. The van der Waals surface area contributed by atoms with E-state index in [-0.39, 0.29) is 29.8 Å². The molecule has 1 fully saturated rings. The number of hydrogen-bond acceptors (Lipinski definition) is 2. The molecule has 150 valence electrons. The number of aromatic nitrogens is 1. The van der Waals surface area contributed by atoms with Crippen molar-refractivity contribution in [3.8, 4) is 0 Å². The lowest BCUT2D eigenvalue weighted by Crippen LogP contribution is -2.47. The summed E-state index contributed by atoms with van der Waals surface area (Å²) in [5, 5.41) is 7.90. The van der Waals surface area contributed by atoms with Gasteiger partial charge in [0.15, 0.2) is 5.96 Å². The second-order valence-corrected chi connectivity index (χ2v) is 7.53. The van der Waals surface area contributed by atoms with E-state index < -0.39 is 0 Å². The molecule has 1 aromatic heterocycles. The minimum atomic E-state index is -0.200. The molecule has 0 bridgehead atoms. The Morgan fingerprint density at radius 1 is 1.37 bits per heavy atom. The zero-order valence-corrected chi connectivity index (χ0v) is 18.9. The van der Waals surface area contributed by atoms with E-state index in [1.807, 2.05) is 6.20 Å². The van der Waals surface area contributed by atoms with E-state index >= 15 is 0 Å². The van der Waals surface area contributed by atoms with Crippen molar-refractivity contribution in [2.75, 3.05) is 26.7 Å².